The number of carbonyl (C=O) groups is 1. The molecular weight excluding hydrogens is 358 g/mol. The zero-order valence-electron chi connectivity index (χ0n) is 6.11. The van der Waals surface area contributed by atoms with Gasteiger partial charge in [0.2, 0.25) is 0 Å². The molecule has 0 amide bonds. The molecule has 1 N–H and O–H groups in total. The number of rotatable bonds is 1. The maximum Gasteiger partial charge on any atom is 0.331 e. The minimum absolute atomic E-state index is 0.435. The van der Waals surface area contributed by atoms with Gasteiger partial charge >= 0.3 is 5.97 Å². The first-order chi connectivity index (χ1) is 4.55. The van der Waals surface area contributed by atoms with Crippen LogP contribution in [0.15, 0.2) is 11.1 Å². The zero-order valence-corrected chi connectivity index (χ0v) is 10.4. The van der Waals surface area contributed by atoms with E-state index in [1.165, 1.54) is 0 Å². The third-order valence-electron chi connectivity index (χ3n) is 1.07. The summed E-state index contributed by atoms with van der Waals surface area (Å²) in [5.41, 5.74) is 1.29. The number of carboxylic acid groups (broad SMARTS) is 1. The summed E-state index contributed by atoms with van der Waals surface area (Å²) in [5, 5.41) is 8.29. The summed E-state index contributed by atoms with van der Waals surface area (Å²) in [5.74, 6) is -0.829. The summed E-state index contributed by atoms with van der Waals surface area (Å²) in [7, 11) is 0. The molecule has 0 aromatic carbocycles. The van der Waals surface area contributed by atoms with Crippen molar-refractivity contribution in [2.45, 2.75) is 20.8 Å². The smallest absolute Gasteiger partial charge is 0.331 e. The van der Waals surface area contributed by atoms with Crippen LogP contribution in [-0.4, -0.2) is 11.1 Å². The predicted molar refractivity (Wildman–Crippen MR) is 59.7 cm³/mol. The first-order valence-electron chi connectivity index (χ1n) is 2.57. The highest BCUT2D eigenvalue weighted by Crippen LogP contribution is 1.99. The fourth-order valence-corrected chi connectivity index (χ4v) is 0.214. The molecule has 0 saturated heterocycles. The van der Waals surface area contributed by atoms with Crippen LogP contribution in [0.25, 0.3) is 0 Å². The van der Waals surface area contributed by atoms with E-state index in [0.717, 1.165) is 5.57 Å². The summed E-state index contributed by atoms with van der Waals surface area (Å²) in [6, 6.07) is 0. The monoisotopic (exact) mass is 368 g/mol. The number of hydrogen-bond donors (Lipinski definition) is 1. The van der Waals surface area contributed by atoms with Crippen molar-refractivity contribution in [3.63, 3.8) is 0 Å². The Labute approximate surface area is 84.4 Å². The minimum atomic E-state index is -0.829. The lowest BCUT2D eigenvalue weighted by molar-refractivity contribution is -0.132. The van der Waals surface area contributed by atoms with Crippen LogP contribution >= 0.6 is 37.2 Å². The average molecular weight is 368 g/mol. The van der Waals surface area contributed by atoms with Gasteiger partial charge in [-0.1, -0.05) is 5.57 Å². The first kappa shape index (κ1) is 13.3. The van der Waals surface area contributed by atoms with E-state index in [4.69, 9.17) is 5.11 Å². The van der Waals surface area contributed by atoms with Gasteiger partial charge in [-0.2, -0.15) is 0 Å². The van der Waals surface area contributed by atoms with Crippen LogP contribution in [0.4, 0.5) is 0 Å². The molecule has 0 fully saturated rings. The molecule has 4 heteroatoms. The molecule has 0 aromatic heterocycles. The normalized spacial score (nSPS) is 7.30. The number of allylic oxidation sites excluding steroid dienone is 1. The number of carboxylic acids is 1. The lowest BCUT2D eigenvalue weighted by Crippen LogP contribution is -1.97. The third kappa shape index (κ3) is 6.79. The van der Waals surface area contributed by atoms with Crippen molar-refractivity contribution in [3.05, 3.63) is 11.1 Å². The largest absolute Gasteiger partial charge is 0.478 e. The molecule has 0 spiro atoms. The van der Waals surface area contributed by atoms with E-state index in [0.29, 0.717) is 5.57 Å². The molecule has 0 aliphatic carbocycles. The van der Waals surface area contributed by atoms with Crippen molar-refractivity contribution in [1.82, 2.24) is 0 Å². The Hall–Kier alpha value is 0.670. The second-order valence-electron chi connectivity index (χ2n) is 1.93. The molecule has 0 unspecified atom stereocenters. The molecule has 0 heterocycles. The lowest BCUT2D eigenvalue weighted by atomic mass is 10.2. The van der Waals surface area contributed by atoms with E-state index in [2.05, 4.69) is 37.2 Å². The van der Waals surface area contributed by atoms with E-state index in [-0.39, 0.29) is 0 Å². The number of halogens is 2. The van der Waals surface area contributed by atoms with E-state index in [1.54, 1.807) is 20.8 Å². The Balaban J connectivity index is 0. The summed E-state index contributed by atoms with van der Waals surface area (Å²) in [6.45, 7) is 5.16. The van der Waals surface area contributed by atoms with E-state index in [9.17, 15) is 4.79 Å². The Morgan fingerprint density at radius 3 is 1.50 bits per heavy atom. The van der Waals surface area contributed by atoms with Gasteiger partial charge < -0.3 is 5.11 Å². The second-order valence-corrected chi connectivity index (χ2v) is 1.93. The summed E-state index contributed by atoms with van der Waals surface area (Å²) in [6.07, 6.45) is 0. The van der Waals surface area contributed by atoms with Crippen molar-refractivity contribution in [2.24, 2.45) is 0 Å². The SMILES string of the molecule is CC(C)=C(C)C(=O)O.II. The molecule has 0 aromatic rings. The zero-order chi connectivity index (χ0) is 8.73. The fourth-order valence-electron chi connectivity index (χ4n) is 0.214. The van der Waals surface area contributed by atoms with Crippen molar-refractivity contribution >= 4 is 43.2 Å². The van der Waals surface area contributed by atoms with Crippen LogP contribution in [-0.2, 0) is 4.79 Å². The maximum absolute atomic E-state index is 10.1. The standard InChI is InChI=1S/C6H10O2.I2/c1-4(2)5(3)6(7)8;1-2/h1-3H3,(H,7,8);. The van der Waals surface area contributed by atoms with Gasteiger partial charge in [0.15, 0.2) is 0 Å². The summed E-state index contributed by atoms with van der Waals surface area (Å²) in [4.78, 5) is 10.1. The highest BCUT2D eigenvalue weighted by Gasteiger charge is 1.98. The van der Waals surface area contributed by atoms with Crippen LogP contribution in [0.3, 0.4) is 0 Å². The van der Waals surface area contributed by atoms with E-state index in [1.807, 2.05) is 0 Å². The predicted octanol–water partition coefficient (Wildman–Crippen LogP) is 3.20. The molecule has 0 aliphatic heterocycles. The number of hydrogen-bond acceptors (Lipinski definition) is 1. The molecule has 0 atom stereocenters. The molecule has 0 rings (SSSR count). The Kier molecular flexibility index (Phi) is 10.3. The molecule has 0 radical (unpaired) electrons. The number of aliphatic carboxylic acids is 1. The van der Waals surface area contributed by atoms with Gasteiger partial charge in [0.05, 0.1) is 0 Å². The van der Waals surface area contributed by atoms with Crippen LogP contribution in [0.5, 0.6) is 0 Å². The Bertz CT molecular complexity index is 137. The van der Waals surface area contributed by atoms with Gasteiger partial charge in [-0.3, -0.25) is 0 Å². The van der Waals surface area contributed by atoms with Crippen LogP contribution in [0.2, 0.25) is 0 Å². The fraction of sp³-hybridized carbons (Fsp3) is 0.500. The maximum atomic E-state index is 10.1. The van der Waals surface area contributed by atoms with E-state index >= 15 is 0 Å². The van der Waals surface area contributed by atoms with Crippen molar-refractivity contribution < 1.29 is 9.90 Å². The van der Waals surface area contributed by atoms with Crippen LogP contribution < -0.4 is 0 Å². The second kappa shape index (κ2) is 7.77. The molecule has 2 nitrogen and oxygen atoms in total. The van der Waals surface area contributed by atoms with Gasteiger partial charge in [-0.05, 0) is 20.8 Å². The highest BCUT2D eigenvalue weighted by molar-refractivity contribution is 15.0. The highest BCUT2D eigenvalue weighted by atomic mass is 128. The first-order valence-corrected chi connectivity index (χ1v) is 8.86. The Morgan fingerprint density at radius 1 is 1.20 bits per heavy atom. The van der Waals surface area contributed by atoms with Gasteiger partial charge in [0, 0.05) is 42.8 Å². The molecule has 0 aliphatic rings. The molecule has 60 valence electrons. The topological polar surface area (TPSA) is 37.3 Å². The summed E-state index contributed by atoms with van der Waals surface area (Å²) >= 11 is 4.24. The van der Waals surface area contributed by atoms with Gasteiger partial charge in [-0.15, -0.1) is 0 Å². The summed E-state index contributed by atoms with van der Waals surface area (Å²) < 4.78 is 0. The lowest BCUT2D eigenvalue weighted by Gasteiger charge is -1.92. The third-order valence-corrected chi connectivity index (χ3v) is 1.07. The molecule has 10 heavy (non-hydrogen) atoms. The van der Waals surface area contributed by atoms with Crippen molar-refractivity contribution in [2.75, 3.05) is 0 Å². The Morgan fingerprint density at radius 2 is 1.50 bits per heavy atom. The van der Waals surface area contributed by atoms with E-state index < -0.39 is 5.97 Å². The van der Waals surface area contributed by atoms with Gasteiger partial charge in [-0.25, -0.2) is 4.79 Å². The quantitative estimate of drug-likeness (QED) is 0.570. The van der Waals surface area contributed by atoms with Gasteiger partial charge in [0.1, 0.15) is 0 Å². The van der Waals surface area contributed by atoms with Crippen LogP contribution in [0, 0.1) is 0 Å². The molecule has 0 saturated carbocycles. The average Bonchev–Trinajstić information content (AvgIpc) is 1.90. The van der Waals surface area contributed by atoms with Crippen molar-refractivity contribution in [3.8, 4) is 0 Å². The minimum Gasteiger partial charge on any atom is -0.478 e. The van der Waals surface area contributed by atoms with Crippen molar-refractivity contribution in [1.29, 1.82) is 0 Å². The van der Waals surface area contributed by atoms with Gasteiger partial charge in [0.25, 0.3) is 0 Å². The molecule has 0 bridgehead atoms. The molecular formula is C6H10I2O2. The van der Waals surface area contributed by atoms with Crippen LogP contribution in [0.1, 0.15) is 20.8 Å².